The number of aromatic nitrogens is 1. The van der Waals surface area contributed by atoms with Gasteiger partial charge in [-0.05, 0) is 54.3 Å². The van der Waals surface area contributed by atoms with Crippen LogP contribution < -0.4 is 10.6 Å². The number of carbonyl (C=O) groups excluding carboxylic acids is 2. The smallest absolute Gasteiger partial charge is 0.265 e. The largest absolute Gasteiger partial charge is 0.321 e. The Kier molecular flexibility index (Phi) is 4.87. The molecule has 0 aliphatic carbocycles. The van der Waals surface area contributed by atoms with Crippen LogP contribution in [0.3, 0.4) is 0 Å². The normalized spacial score (nSPS) is 10.6. The number of fused-ring (bicyclic) bond motifs is 1. The van der Waals surface area contributed by atoms with E-state index in [1.165, 1.54) is 11.3 Å². The van der Waals surface area contributed by atoms with Crippen molar-refractivity contribution in [3.8, 4) is 0 Å². The average molecular weight is 387 g/mol. The first-order valence-electron chi connectivity index (χ1n) is 8.73. The zero-order chi connectivity index (χ0) is 19.5. The summed E-state index contributed by atoms with van der Waals surface area (Å²) in [6.07, 6.45) is 1.73. The van der Waals surface area contributed by atoms with E-state index < -0.39 is 0 Å². The number of nitrogens with one attached hydrogen (secondary N) is 2. The van der Waals surface area contributed by atoms with Crippen LogP contribution in [0.25, 0.3) is 10.9 Å². The van der Waals surface area contributed by atoms with Crippen LogP contribution in [0.5, 0.6) is 0 Å². The number of anilines is 2. The Balaban J connectivity index is 1.63. The molecule has 0 saturated heterocycles. The molecule has 0 bridgehead atoms. The Labute approximate surface area is 166 Å². The highest BCUT2D eigenvalue weighted by molar-refractivity contribution is 7.12. The van der Waals surface area contributed by atoms with Gasteiger partial charge in [-0.1, -0.05) is 24.3 Å². The number of amides is 2. The van der Waals surface area contributed by atoms with Gasteiger partial charge in [-0.3, -0.25) is 14.6 Å². The zero-order valence-electron chi connectivity index (χ0n) is 15.1. The third-order valence-corrected chi connectivity index (χ3v) is 5.25. The molecule has 2 aromatic heterocycles. The lowest BCUT2D eigenvalue weighted by molar-refractivity contribution is 0.102. The van der Waals surface area contributed by atoms with E-state index in [2.05, 4.69) is 15.6 Å². The number of hydrogen-bond donors (Lipinski definition) is 2. The lowest BCUT2D eigenvalue weighted by atomic mass is 10.1. The highest BCUT2D eigenvalue weighted by Crippen LogP contribution is 2.26. The van der Waals surface area contributed by atoms with Crippen molar-refractivity contribution in [1.82, 2.24) is 4.98 Å². The second-order valence-corrected chi connectivity index (χ2v) is 7.21. The van der Waals surface area contributed by atoms with Gasteiger partial charge in [0.1, 0.15) is 0 Å². The topological polar surface area (TPSA) is 71.1 Å². The predicted molar refractivity (Wildman–Crippen MR) is 113 cm³/mol. The lowest BCUT2D eigenvalue weighted by Crippen LogP contribution is -2.18. The highest BCUT2D eigenvalue weighted by Gasteiger charge is 2.16. The van der Waals surface area contributed by atoms with Crippen molar-refractivity contribution < 1.29 is 9.59 Å². The van der Waals surface area contributed by atoms with Crippen molar-refractivity contribution >= 4 is 45.4 Å². The Morgan fingerprint density at radius 2 is 1.68 bits per heavy atom. The summed E-state index contributed by atoms with van der Waals surface area (Å²) in [6, 6.07) is 18.1. The van der Waals surface area contributed by atoms with E-state index in [-0.39, 0.29) is 11.8 Å². The summed E-state index contributed by atoms with van der Waals surface area (Å²) < 4.78 is 0. The maximum Gasteiger partial charge on any atom is 0.265 e. The van der Waals surface area contributed by atoms with Crippen LogP contribution in [-0.2, 0) is 0 Å². The van der Waals surface area contributed by atoms with E-state index >= 15 is 0 Å². The Bertz CT molecular complexity index is 1170. The molecular weight excluding hydrogens is 370 g/mol. The molecule has 0 fully saturated rings. The van der Waals surface area contributed by atoms with Gasteiger partial charge in [0.05, 0.1) is 27.3 Å². The fraction of sp³-hybridized carbons (Fsp3) is 0.0455. The van der Waals surface area contributed by atoms with E-state index in [9.17, 15) is 9.59 Å². The number of rotatable bonds is 4. The van der Waals surface area contributed by atoms with Gasteiger partial charge in [0.25, 0.3) is 11.8 Å². The van der Waals surface area contributed by atoms with E-state index in [0.717, 1.165) is 16.5 Å². The van der Waals surface area contributed by atoms with Crippen molar-refractivity contribution in [2.24, 2.45) is 0 Å². The van der Waals surface area contributed by atoms with Crippen molar-refractivity contribution in [3.05, 3.63) is 88.2 Å². The quantitative estimate of drug-likeness (QED) is 0.511. The fourth-order valence-corrected chi connectivity index (χ4v) is 3.61. The summed E-state index contributed by atoms with van der Waals surface area (Å²) in [5, 5.41) is 8.48. The molecule has 0 radical (unpaired) electrons. The molecule has 0 spiro atoms. The minimum absolute atomic E-state index is 0.236. The number of benzene rings is 2. The number of para-hydroxylation sites is 1. The second kappa shape index (κ2) is 7.62. The van der Waals surface area contributed by atoms with Crippen molar-refractivity contribution in [2.45, 2.75) is 6.92 Å². The third kappa shape index (κ3) is 3.50. The Morgan fingerprint density at radius 1 is 0.857 bits per heavy atom. The summed E-state index contributed by atoms with van der Waals surface area (Å²) in [7, 11) is 0. The first-order chi connectivity index (χ1) is 13.6. The maximum atomic E-state index is 13.0. The third-order valence-electron chi connectivity index (χ3n) is 4.38. The summed E-state index contributed by atoms with van der Waals surface area (Å²) in [5.41, 5.74) is 3.42. The van der Waals surface area contributed by atoms with E-state index in [1.54, 1.807) is 36.5 Å². The molecule has 28 heavy (non-hydrogen) atoms. The van der Waals surface area contributed by atoms with Gasteiger partial charge >= 0.3 is 0 Å². The molecule has 0 atom stereocenters. The monoisotopic (exact) mass is 387 g/mol. The van der Waals surface area contributed by atoms with Gasteiger partial charge in [-0.25, -0.2) is 0 Å². The number of hydrogen-bond acceptors (Lipinski definition) is 4. The number of aryl methyl sites for hydroxylation is 1. The van der Waals surface area contributed by atoms with Gasteiger partial charge in [0.2, 0.25) is 0 Å². The van der Waals surface area contributed by atoms with Crippen LogP contribution in [0.1, 0.15) is 25.6 Å². The minimum atomic E-state index is -0.295. The van der Waals surface area contributed by atoms with Gasteiger partial charge in [0, 0.05) is 11.6 Å². The van der Waals surface area contributed by atoms with Gasteiger partial charge < -0.3 is 10.6 Å². The van der Waals surface area contributed by atoms with Crippen molar-refractivity contribution in [2.75, 3.05) is 10.6 Å². The molecule has 2 amide bonds. The molecule has 0 aliphatic rings. The summed E-state index contributed by atoms with van der Waals surface area (Å²) in [5.74, 6) is -0.531. The number of pyridine rings is 1. The van der Waals surface area contributed by atoms with Gasteiger partial charge in [0.15, 0.2) is 0 Å². The van der Waals surface area contributed by atoms with E-state index in [0.29, 0.717) is 21.8 Å². The number of nitrogens with zero attached hydrogens (tertiary/aromatic N) is 1. The predicted octanol–water partition coefficient (Wildman–Crippen LogP) is 5.11. The van der Waals surface area contributed by atoms with Crippen LogP contribution in [0.15, 0.2) is 72.2 Å². The fourth-order valence-electron chi connectivity index (χ4n) is 2.99. The Hall–Kier alpha value is -3.51. The molecule has 2 N–H and O–H groups in total. The molecular formula is C22H17N3O2S. The molecule has 4 rings (SSSR count). The summed E-state index contributed by atoms with van der Waals surface area (Å²) in [4.78, 5) is 30.3. The van der Waals surface area contributed by atoms with Crippen LogP contribution in [0, 0.1) is 6.92 Å². The SMILES string of the molecule is Cc1ccc(NC(=O)c2ccccc2NC(=O)c2cccs2)c2cccnc12. The molecule has 5 nitrogen and oxygen atoms in total. The van der Waals surface area contributed by atoms with Gasteiger partial charge in [-0.2, -0.15) is 0 Å². The van der Waals surface area contributed by atoms with Crippen LogP contribution in [0.2, 0.25) is 0 Å². The summed E-state index contributed by atoms with van der Waals surface area (Å²) >= 11 is 1.35. The maximum absolute atomic E-state index is 13.0. The average Bonchev–Trinajstić information content (AvgIpc) is 3.26. The molecule has 2 heterocycles. The van der Waals surface area contributed by atoms with Crippen LogP contribution >= 0.6 is 11.3 Å². The van der Waals surface area contributed by atoms with Crippen molar-refractivity contribution in [3.63, 3.8) is 0 Å². The Morgan fingerprint density at radius 3 is 2.50 bits per heavy atom. The second-order valence-electron chi connectivity index (χ2n) is 6.26. The number of thiophene rings is 1. The van der Waals surface area contributed by atoms with Crippen LogP contribution in [0.4, 0.5) is 11.4 Å². The lowest BCUT2D eigenvalue weighted by Gasteiger charge is -2.13. The molecule has 6 heteroatoms. The molecule has 2 aromatic carbocycles. The van der Waals surface area contributed by atoms with Gasteiger partial charge in [-0.15, -0.1) is 11.3 Å². The molecule has 0 saturated carbocycles. The van der Waals surface area contributed by atoms with E-state index in [1.807, 2.05) is 42.6 Å². The standard InChI is InChI=1S/C22H17N3O2S/c1-14-10-11-18(15-7-4-12-23-20(14)15)24-21(26)16-6-2-3-8-17(16)25-22(27)19-9-5-13-28-19/h2-13H,1H3,(H,24,26)(H,25,27). The molecule has 4 aromatic rings. The first kappa shape index (κ1) is 17.9. The van der Waals surface area contributed by atoms with E-state index in [4.69, 9.17) is 0 Å². The molecule has 0 aliphatic heterocycles. The molecule has 0 unspecified atom stereocenters. The van der Waals surface area contributed by atoms with Crippen molar-refractivity contribution in [1.29, 1.82) is 0 Å². The number of carbonyl (C=O) groups is 2. The van der Waals surface area contributed by atoms with Crippen LogP contribution in [-0.4, -0.2) is 16.8 Å². The molecule has 138 valence electrons. The highest BCUT2D eigenvalue weighted by atomic mass is 32.1. The summed E-state index contributed by atoms with van der Waals surface area (Å²) in [6.45, 7) is 1.98. The zero-order valence-corrected chi connectivity index (χ0v) is 15.9. The first-order valence-corrected chi connectivity index (χ1v) is 9.61. The minimum Gasteiger partial charge on any atom is -0.321 e.